The zero-order chi connectivity index (χ0) is 13.9. The minimum atomic E-state index is 0.308. The molecule has 0 radical (unpaired) electrons. The third-order valence-electron chi connectivity index (χ3n) is 2.57. The first kappa shape index (κ1) is 12.4. The highest BCUT2D eigenvalue weighted by molar-refractivity contribution is 5.53. The molecule has 20 heavy (non-hydrogen) atoms. The fraction of sp³-hybridized carbons (Fsp3) is 0.154. The summed E-state index contributed by atoms with van der Waals surface area (Å²) in [5.41, 5.74) is 7.12. The van der Waals surface area contributed by atoms with Gasteiger partial charge in [0, 0.05) is 13.0 Å². The Kier molecular flexibility index (Phi) is 3.18. The normalized spacial score (nSPS) is 10.8. The van der Waals surface area contributed by atoms with Gasteiger partial charge in [-0.3, -0.25) is 0 Å². The summed E-state index contributed by atoms with van der Waals surface area (Å²) < 4.78 is 15.9. The quantitative estimate of drug-likeness (QED) is 0.709. The standard InChI is InChI=1S/C13H12N4O3/c1-2-3-11-16-9(6-18-11)13-17-10(7-20-13)12-15-8(4-14)5-19-12/h2,5-7H,1,3-4,14H2. The molecule has 0 unspecified atom stereocenters. The van der Waals surface area contributed by atoms with Gasteiger partial charge in [0.05, 0.1) is 5.69 Å². The molecule has 0 saturated heterocycles. The van der Waals surface area contributed by atoms with E-state index < -0.39 is 0 Å². The van der Waals surface area contributed by atoms with Crippen LogP contribution in [0.25, 0.3) is 23.2 Å². The van der Waals surface area contributed by atoms with E-state index in [0.717, 1.165) is 0 Å². The summed E-state index contributed by atoms with van der Waals surface area (Å²) in [6, 6.07) is 0. The highest BCUT2D eigenvalue weighted by Crippen LogP contribution is 2.23. The molecular formula is C13H12N4O3. The molecule has 7 nitrogen and oxygen atoms in total. The van der Waals surface area contributed by atoms with Crippen molar-refractivity contribution < 1.29 is 13.3 Å². The van der Waals surface area contributed by atoms with E-state index in [1.807, 2.05) is 0 Å². The van der Waals surface area contributed by atoms with Gasteiger partial charge in [-0.1, -0.05) is 6.08 Å². The summed E-state index contributed by atoms with van der Waals surface area (Å²) in [7, 11) is 0. The second-order valence-corrected chi connectivity index (χ2v) is 4.01. The average Bonchev–Trinajstić information content (AvgIpc) is 3.18. The van der Waals surface area contributed by atoms with Crippen molar-refractivity contribution >= 4 is 0 Å². The molecule has 0 aliphatic heterocycles. The number of hydrogen-bond donors (Lipinski definition) is 1. The Morgan fingerprint density at radius 2 is 1.70 bits per heavy atom. The number of allylic oxidation sites excluding steroid dienone is 1. The Morgan fingerprint density at radius 3 is 2.45 bits per heavy atom. The molecule has 0 amide bonds. The molecular weight excluding hydrogens is 260 g/mol. The number of hydrogen-bond acceptors (Lipinski definition) is 7. The number of aromatic nitrogens is 3. The molecule has 3 aromatic heterocycles. The Balaban J connectivity index is 1.86. The monoisotopic (exact) mass is 272 g/mol. The van der Waals surface area contributed by atoms with Crippen molar-refractivity contribution in [3.05, 3.63) is 43.0 Å². The maximum Gasteiger partial charge on any atom is 0.249 e. The third-order valence-corrected chi connectivity index (χ3v) is 2.57. The van der Waals surface area contributed by atoms with Crippen LogP contribution in [0.5, 0.6) is 0 Å². The predicted octanol–water partition coefficient (Wildman–Crippen LogP) is 2.17. The van der Waals surface area contributed by atoms with Crippen molar-refractivity contribution in [2.75, 3.05) is 0 Å². The number of rotatable bonds is 5. The van der Waals surface area contributed by atoms with Crippen molar-refractivity contribution in [2.24, 2.45) is 5.73 Å². The molecule has 102 valence electrons. The van der Waals surface area contributed by atoms with Crippen LogP contribution in [0.15, 0.2) is 44.7 Å². The van der Waals surface area contributed by atoms with E-state index in [9.17, 15) is 0 Å². The van der Waals surface area contributed by atoms with Crippen LogP contribution in [0.1, 0.15) is 11.6 Å². The van der Waals surface area contributed by atoms with E-state index in [4.69, 9.17) is 19.0 Å². The van der Waals surface area contributed by atoms with Gasteiger partial charge in [0.1, 0.15) is 18.8 Å². The van der Waals surface area contributed by atoms with Crippen LogP contribution in [0.2, 0.25) is 0 Å². The van der Waals surface area contributed by atoms with Crippen molar-refractivity contribution in [1.29, 1.82) is 0 Å². The first-order valence-corrected chi connectivity index (χ1v) is 5.96. The molecule has 0 aliphatic rings. The van der Waals surface area contributed by atoms with E-state index in [1.165, 1.54) is 18.8 Å². The summed E-state index contributed by atoms with van der Waals surface area (Å²) >= 11 is 0. The summed E-state index contributed by atoms with van der Waals surface area (Å²) in [6.45, 7) is 3.93. The second-order valence-electron chi connectivity index (χ2n) is 4.01. The molecule has 0 fully saturated rings. The lowest BCUT2D eigenvalue weighted by molar-refractivity contribution is 0.509. The van der Waals surface area contributed by atoms with Gasteiger partial charge < -0.3 is 19.0 Å². The smallest absolute Gasteiger partial charge is 0.249 e. The highest BCUT2D eigenvalue weighted by Gasteiger charge is 2.15. The van der Waals surface area contributed by atoms with Crippen LogP contribution in [0.3, 0.4) is 0 Å². The Labute approximate surface area is 114 Å². The molecule has 7 heteroatoms. The first-order valence-electron chi connectivity index (χ1n) is 5.96. The topological polar surface area (TPSA) is 104 Å². The molecule has 2 N–H and O–H groups in total. The van der Waals surface area contributed by atoms with Crippen LogP contribution in [-0.4, -0.2) is 15.0 Å². The fourth-order valence-electron chi connectivity index (χ4n) is 1.63. The van der Waals surface area contributed by atoms with Crippen LogP contribution in [0, 0.1) is 0 Å². The van der Waals surface area contributed by atoms with E-state index in [-0.39, 0.29) is 0 Å². The van der Waals surface area contributed by atoms with E-state index >= 15 is 0 Å². The predicted molar refractivity (Wildman–Crippen MR) is 69.3 cm³/mol. The van der Waals surface area contributed by atoms with Crippen LogP contribution in [0.4, 0.5) is 0 Å². The first-order chi connectivity index (χ1) is 9.80. The Bertz CT molecular complexity index is 725. The largest absolute Gasteiger partial charge is 0.448 e. The van der Waals surface area contributed by atoms with Crippen LogP contribution >= 0.6 is 0 Å². The molecule has 0 saturated carbocycles. The second kappa shape index (κ2) is 5.14. The minimum absolute atomic E-state index is 0.308. The van der Waals surface area contributed by atoms with E-state index in [0.29, 0.717) is 47.7 Å². The maximum atomic E-state index is 5.47. The lowest BCUT2D eigenvalue weighted by Crippen LogP contribution is -1.95. The van der Waals surface area contributed by atoms with Crippen molar-refractivity contribution in [3.8, 4) is 23.2 Å². The Hall–Kier alpha value is -2.67. The number of nitrogens with two attached hydrogens (primary N) is 1. The number of oxazole rings is 3. The lowest BCUT2D eigenvalue weighted by atomic mass is 10.4. The van der Waals surface area contributed by atoms with Gasteiger partial charge in [-0.25, -0.2) is 15.0 Å². The van der Waals surface area contributed by atoms with Gasteiger partial charge in [-0.15, -0.1) is 6.58 Å². The van der Waals surface area contributed by atoms with Gasteiger partial charge >= 0.3 is 0 Å². The zero-order valence-corrected chi connectivity index (χ0v) is 10.6. The lowest BCUT2D eigenvalue weighted by Gasteiger charge is -1.85. The van der Waals surface area contributed by atoms with Crippen molar-refractivity contribution in [3.63, 3.8) is 0 Å². The summed E-state index contributed by atoms with van der Waals surface area (Å²) in [4.78, 5) is 12.7. The molecule has 3 aromatic rings. The van der Waals surface area contributed by atoms with Crippen molar-refractivity contribution in [1.82, 2.24) is 15.0 Å². The van der Waals surface area contributed by atoms with Gasteiger partial charge in [0.2, 0.25) is 11.8 Å². The van der Waals surface area contributed by atoms with Gasteiger partial charge in [0.15, 0.2) is 17.3 Å². The summed E-state index contributed by atoms with van der Waals surface area (Å²) in [5, 5.41) is 0. The Morgan fingerprint density at radius 1 is 1.00 bits per heavy atom. The fourth-order valence-corrected chi connectivity index (χ4v) is 1.63. The number of nitrogens with zero attached hydrogens (tertiary/aromatic N) is 3. The average molecular weight is 272 g/mol. The molecule has 0 aliphatic carbocycles. The molecule has 3 heterocycles. The third kappa shape index (κ3) is 2.26. The molecule has 0 atom stereocenters. The molecule has 0 bridgehead atoms. The highest BCUT2D eigenvalue weighted by atomic mass is 16.4. The van der Waals surface area contributed by atoms with Gasteiger partial charge in [-0.05, 0) is 0 Å². The minimum Gasteiger partial charge on any atom is -0.448 e. The summed E-state index contributed by atoms with van der Waals surface area (Å²) in [5.74, 6) is 1.25. The molecule has 0 spiro atoms. The van der Waals surface area contributed by atoms with E-state index in [1.54, 1.807) is 6.08 Å². The van der Waals surface area contributed by atoms with E-state index in [2.05, 4.69) is 21.5 Å². The summed E-state index contributed by atoms with van der Waals surface area (Å²) in [6.07, 6.45) is 6.67. The van der Waals surface area contributed by atoms with Gasteiger partial charge in [-0.2, -0.15) is 0 Å². The molecule has 3 rings (SSSR count). The zero-order valence-electron chi connectivity index (χ0n) is 10.6. The van der Waals surface area contributed by atoms with Crippen LogP contribution < -0.4 is 5.73 Å². The SMILES string of the molecule is C=CCc1nc(-c2nc(-c3nc(CN)co3)co2)co1. The van der Waals surface area contributed by atoms with Gasteiger partial charge in [0.25, 0.3) is 0 Å². The maximum absolute atomic E-state index is 5.47. The van der Waals surface area contributed by atoms with Crippen molar-refractivity contribution in [2.45, 2.75) is 13.0 Å². The van der Waals surface area contributed by atoms with Crippen LogP contribution in [-0.2, 0) is 13.0 Å². The molecule has 0 aromatic carbocycles.